The van der Waals surface area contributed by atoms with E-state index >= 15 is 0 Å². The normalized spacial score (nSPS) is 15.9. The molecule has 0 radical (unpaired) electrons. The summed E-state index contributed by atoms with van der Waals surface area (Å²) in [6.45, 7) is 2.26. The molecular formula is C18H16N2O4S. The molecule has 2 heterocycles. The van der Waals surface area contributed by atoms with E-state index in [2.05, 4.69) is 5.32 Å². The van der Waals surface area contributed by atoms with Crippen LogP contribution >= 0.6 is 11.8 Å². The van der Waals surface area contributed by atoms with Crippen molar-refractivity contribution < 1.29 is 18.8 Å². The highest BCUT2D eigenvalue weighted by atomic mass is 32.2. The maximum atomic E-state index is 12.4. The highest BCUT2D eigenvalue weighted by molar-refractivity contribution is 8.18. The van der Waals surface area contributed by atoms with Crippen molar-refractivity contribution in [2.45, 2.75) is 6.92 Å². The SMILES string of the molecule is Cc1ccc(/C=C2/SC(=O)N(CCNC(=O)c3ccco3)C2=O)cc1. The van der Waals surface area contributed by atoms with Crippen LogP contribution in [-0.4, -0.2) is 35.0 Å². The average molecular weight is 356 g/mol. The summed E-state index contributed by atoms with van der Waals surface area (Å²) in [7, 11) is 0. The topological polar surface area (TPSA) is 79.6 Å². The molecule has 3 rings (SSSR count). The van der Waals surface area contributed by atoms with Gasteiger partial charge in [-0.3, -0.25) is 19.3 Å². The summed E-state index contributed by atoms with van der Waals surface area (Å²) >= 11 is 0.905. The van der Waals surface area contributed by atoms with Crippen LogP contribution in [0.1, 0.15) is 21.7 Å². The van der Waals surface area contributed by atoms with Crippen LogP contribution in [-0.2, 0) is 4.79 Å². The quantitative estimate of drug-likeness (QED) is 0.833. The van der Waals surface area contributed by atoms with Gasteiger partial charge >= 0.3 is 0 Å². The van der Waals surface area contributed by atoms with Crippen molar-refractivity contribution >= 4 is 34.9 Å². The average Bonchev–Trinajstić information content (AvgIpc) is 3.21. The van der Waals surface area contributed by atoms with Gasteiger partial charge in [-0.25, -0.2) is 0 Å². The lowest BCUT2D eigenvalue weighted by molar-refractivity contribution is -0.122. The lowest BCUT2D eigenvalue weighted by Gasteiger charge is -2.12. The number of aryl methyl sites for hydroxylation is 1. The van der Waals surface area contributed by atoms with Crippen molar-refractivity contribution in [3.8, 4) is 0 Å². The van der Waals surface area contributed by atoms with E-state index in [0.29, 0.717) is 4.91 Å². The van der Waals surface area contributed by atoms with E-state index in [-0.39, 0.29) is 35.9 Å². The van der Waals surface area contributed by atoms with E-state index in [4.69, 9.17) is 4.42 Å². The van der Waals surface area contributed by atoms with Crippen molar-refractivity contribution in [2.24, 2.45) is 0 Å². The molecule has 1 aromatic heterocycles. The lowest BCUT2D eigenvalue weighted by Crippen LogP contribution is -2.37. The first-order chi connectivity index (χ1) is 12.0. The first-order valence-electron chi connectivity index (χ1n) is 7.68. The number of amides is 3. The summed E-state index contributed by atoms with van der Waals surface area (Å²) in [5, 5.41) is 2.28. The van der Waals surface area contributed by atoms with Crippen molar-refractivity contribution in [2.75, 3.05) is 13.1 Å². The molecule has 0 atom stereocenters. The van der Waals surface area contributed by atoms with Gasteiger partial charge in [0.1, 0.15) is 0 Å². The first-order valence-corrected chi connectivity index (χ1v) is 8.50. The second-order valence-electron chi connectivity index (χ2n) is 5.48. The fourth-order valence-corrected chi connectivity index (χ4v) is 3.15. The molecule has 0 saturated carbocycles. The summed E-state index contributed by atoms with van der Waals surface area (Å²) in [5.74, 6) is -0.539. The number of rotatable bonds is 5. The minimum atomic E-state index is -0.382. The fourth-order valence-electron chi connectivity index (χ4n) is 2.28. The van der Waals surface area contributed by atoms with Crippen LogP contribution in [0, 0.1) is 6.92 Å². The number of hydrogen-bond donors (Lipinski definition) is 1. The summed E-state index contributed by atoms with van der Waals surface area (Å²) < 4.78 is 4.98. The summed E-state index contributed by atoms with van der Waals surface area (Å²) in [4.78, 5) is 37.7. The van der Waals surface area contributed by atoms with Crippen molar-refractivity contribution in [3.05, 3.63) is 64.5 Å². The zero-order valence-corrected chi connectivity index (χ0v) is 14.3. The molecule has 1 N–H and O–H groups in total. The molecule has 0 aliphatic carbocycles. The van der Waals surface area contributed by atoms with Gasteiger partial charge in [0, 0.05) is 13.1 Å². The van der Waals surface area contributed by atoms with E-state index < -0.39 is 0 Å². The van der Waals surface area contributed by atoms with Gasteiger partial charge in [0.2, 0.25) is 0 Å². The van der Waals surface area contributed by atoms with Crippen LogP contribution in [0.25, 0.3) is 6.08 Å². The Morgan fingerprint density at radius 1 is 1.24 bits per heavy atom. The number of benzene rings is 1. The molecule has 25 heavy (non-hydrogen) atoms. The molecule has 1 saturated heterocycles. The maximum Gasteiger partial charge on any atom is 0.293 e. The van der Waals surface area contributed by atoms with E-state index in [1.165, 1.54) is 6.26 Å². The third-order valence-electron chi connectivity index (χ3n) is 3.61. The molecular weight excluding hydrogens is 340 g/mol. The number of nitrogens with zero attached hydrogens (tertiary/aromatic N) is 1. The van der Waals surface area contributed by atoms with Crippen LogP contribution in [0.2, 0.25) is 0 Å². The van der Waals surface area contributed by atoms with Gasteiger partial charge in [-0.15, -0.1) is 0 Å². The molecule has 0 unspecified atom stereocenters. The molecule has 128 valence electrons. The smallest absolute Gasteiger partial charge is 0.293 e. The van der Waals surface area contributed by atoms with E-state index in [0.717, 1.165) is 27.8 Å². The summed E-state index contributed by atoms with van der Waals surface area (Å²) in [5.41, 5.74) is 1.99. The van der Waals surface area contributed by atoms with E-state index in [9.17, 15) is 14.4 Å². The Balaban J connectivity index is 1.59. The molecule has 1 aliphatic rings. The Morgan fingerprint density at radius 2 is 2.00 bits per heavy atom. The number of furan rings is 1. The monoisotopic (exact) mass is 356 g/mol. The van der Waals surface area contributed by atoms with Crippen LogP contribution < -0.4 is 5.32 Å². The second kappa shape index (κ2) is 7.40. The van der Waals surface area contributed by atoms with E-state index in [1.807, 2.05) is 31.2 Å². The molecule has 3 amide bonds. The number of nitrogens with one attached hydrogen (secondary N) is 1. The van der Waals surface area contributed by atoms with Gasteiger partial charge in [0.25, 0.3) is 17.1 Å². The van der Waals surface area contributed by atoms with Gasteiger partial charge in [0.05, 0.1) is 11.2 Å². The second-order valence-corrected chi connectivity index (χ2v) is 6.47. The van der Waals surface area contributed by atoms with Gasteiger partial charge in [-0.05, 0) is 42.5 Å². The highest BCUT2D eigenvalue weighted by Gasteiger charge is 2.34. The summed E-state index contributed by atoms with van der Waals surface area (Å²) in [6, 6.07) is 10.8. The Hall–Kier alpha value is -2.80. The standard InChI is InChI=1S/C18H16N2O4S/c1-12-4-6-13(7-5-12)11-15-17(22)20(18(23)25-15)9-8-19-16(21)14-3-2-10-24-14/h2-7,10-11H,8-9H2,1H3,(H,19,21)/b15-11+. The number of thioether (sulfide) groups is 1. The van der Waals surface area contributed by atoms with Crippen LogP contribution in [0.4, 0.5) is 4.79 Å². The fraction of sp³-hybridized carbons (Fsp3) is 0.167. The molecule has 1 aromatic carbocycles. The third-order valence-corrected chi connectivity index (χ3v) is 4.52. The number of carbonyl (C=O) groups excluding carboxylic acids is 3. The predicted molar refractivity (Wildman–Crippen MR) is 94.9 cm³/mol. The molecule has 0 spiro atoms. The van der Waals surface area contributed by atoms with Crippen LogP contribution in [0.3, 0.4) is 0 Å². The van der Waals surface area contributed by atoms with Crippen molar-refractivity contribution in [3.63, 3.8) is 0 Å². The molecule has 0 bridgehead atoms. The van der Waals surface area contributed by atoms with Gasteiger partial charge in [0.15, 0.2) is 5.76 Å². The van der Waals surface area contributed by atoms with Crippen molar-refractivity contribution in [1.29, 1.82) is 0 Å². The minimum absolute atomic E-state index is 0.113. The largest absolute Gasteiger partial charge is 0.459 e. The number of imide groups is 1. The highest BCUT2D eigenvalue weighted by Crippen LogP contribution is 2.31. The maximum absolute atomic E-state index is 12.4. The zero-order chi connectivity index (χ0) is 17.8. The molecule has 1 aliphatic heterocycles. The Bertz CT molecular complexity index is 825. The minimum Gasteiger partial charge on any atom is -0.459 e. The van der Waals surface area contributed by atoms with E-state index in [1.54, 1.807) is 18.2 Å². The van der Waals surface area contributed by atoms with Crippen molar-refractivity contribution in [1.82, 2.24) is 10.2 Å². The lowest BCUT2D eigenvalue weighted by atomic mass is 10.1. The van der Waals surface area contributed by atoms with Crippen LogP contribution in [0.15, 0.2) is 52.0 Å². The molecule has 7 heteroatoms. The summed E-state index contributed by atoms with van der Waals surface area (Å²) in [6.07, 6.45) is 3.10. The molecule has 2 aromatic rings. The third kappa shape index (κ3) is 4.00. The number of hydrogen-bond acceptors (Lipinski definition) is 5. The molecule has 6 nitrogen and oxygen atoms in total. The van der Waals surface area contributed by atoms with Crippen LogP contribution in [0.5, 0.6) is 0 Å². The first kappa shape index (κ1) is 17.0. The Kier molecular flexibility index (Phi) is 5.04. The Labute approximate surface area is 148 Å². The number of carbonyl (C=O) groups is 3. The van der Waals surface area contributed by atoms with Gasteiger partial charge in [-0.1, -0.05) is 29.8 Å². The molecule has 1 fully saturated rings. The zero-order valence-electron chi connectivity index (χ0n) is 13.5. The Morgan fingerprint density at radius 3 is 2.68 bits per heavy atom. The predicted octanol–water partition coefficient (Wildman–Crippen LogP) is 3.05. The van der Waals surface area contributed by atoms with Gasteiger partial charge in [-0.2, -0.15) is 0 Å². The van der Waals surface area contributed by atoms with Gasteiger partial charge < -0.3 is 9.73 Å².